The van der Waals surface area contributed by atoms with Gasteiger partial charge in [-0.15, -0.1) is 0 Å². The van der Waals surface area contributed by atoms with E-state index >= 15 is 0 Å². The Balaban J connectivity index is 2.59. The molecular formula is C11H12BrN3. The van der Waals surface area contributed by atoms with Crippen LogP contribution in [0, 0.1) is 6.92 Å². The van der Waals surface area contributed by atoms with E-state index < -0.39 is 0 Å². The van der Waals surface area contributed by atoms with Gasteiger partial charge < -0.3 is 10.3 Å². The molecule has 0 radical (unpaired) electrons. The highest BCUT2D eigenvalue weighted by atomic mass is 79.9. The lowest BCUT2D eigenvalue weighted by molar-refractivity contribution is 0.868. The fraction of sp³-hybridized carbons (Fsp3) is 0.182. The lowest BCUT2D eigenvalue weighted by Crippen LogP contribution is -1.98. The predicted molar refractivity (Wildman–Crippen MR) is 65.5 cm³/mol. The average molecular weight is 266 g/mol. The van der Waals surface area contributed by atoms with E-state index in [2.05, 4.69) is 20.9 Å². The summed E-state index contributed by atoms with van der Waals surface area (Å²) in [6, 6.07) is 7.97. The van der Waals surface area contributed by atoms with E-state index in [0.29, 0.717) is 5.82 Å². The molecule has 2 N–H and O–H groups in total. The maximum absolute atomic E-state index is 5.97. The Morgan fingerprint density at radius 1 is 1.40 bits per heavy atom. The molecule has 2 aromatic rings. The molecule has 1 aromatic heterocycles. The van der Waals surface area contributed by atoms with Crippen LogP contribution in [0.2, 0.25) is 0 Å². The summed E-state index contributed by atoms with van der Waals surface area (Å²) in [5.74, 6) is 1.62. The van der Waals surface area contributed by atoms with E-state index in [-0.39, 0.29) is 0 Å². The molecule has 0 spiro atoms. The first-order valence-corrected chi connectivity index (χ1v) is 5.43. The molecule has 1 heterocycles. The second-order valence-corrected chi connectivity index (χ2v) is 4.38. The van der Waals surface area contributed by atoms with Crippen molar-refractivity contribution >= 4 is 21.7 Å². The zero-order chi connectivity index (χ0) is 11.0. The van der Waals surface area contributed by atoms with E-state index in [0.717, 1.165) is 21.6 Å². The highest BCUT2D eigenvalue weighted by molar-refractivity contribution is 9.10. The topological polar surface area (TPSA) is 43.8 Å². The van der Waals surface area contributed by atoms with Crippen LogP contribution in [0.1, 0.15) is 5.82 Å². The van der Waals surface area contributed by atoms with Crippen molar-refractivity contribution in [3.8, 4) is 11.3 Å². The van der Waals surface area contributed by atoms with Crippen molar-refractivity contribution < 1.29 is 0 Å². The first-order chi connectivity index (χ1) is 7.09. The van der Waals surface area contributed by atoms with Crippen LogP contribution >= 0.6 is 15.9 Å². The van der Waals surface area contributed by atoms with Crippen LogP contribution < -0.4 is 5.73 Å². The van der Waals surface area contributed by atoms with Crippen molar-refractivity contribution in [3.63, 3.8) is 0 Å². The van der Waals surface area contributed by atoms with Gasteiger partial charge in [0.05, 0.1) is 0 Å². The summed E-state index contributed by atoms with van der Waals surface area (Å²) in [6.45, 7) is 1.94. The van der Waals surface area contributed by atoms with Gasteiger partial charge in [-0.2, -0.15) is 0 Å². The number of nitrogens with two attached hydrogens (primary N) is 1. The number of nitrogen functional groups attached to an aromatic ring is 1. The fourth-order valence-corrected chi connectivity index (χ4v) is 1.87. The zero-order valence-corrected chi connectivity index (χ0v) is 10.2. The van der Waals surface area contributed by atoms with Gasteiger partial charge >= 0.3 is 0 Å². The monoisotopic (exact) mass is 265 g/mol. The molecule has 0 aliphatic carbocycles. The minimum atomic E-state index is 0.700. The number of benzene rings is 1. The van der Waals surface area contributed by atoms with Crippen LogP contribution in [0.15, 0.2) is 28.7 Å². The first-order valence-electron chi connectivity index (χ1n) is 4.64. The summed E-state index contributed by atoms with van der Waals surface area (Å²) >= 11 is 3.43. The Kier molecular flexibility index (Phi) is 2.52. The molecule has 0 fully saturated rings. The Morgan fingerprint density at radius 3 is 2.67 bits per heavy atom. The van der Waals surface area contributed by atoms with Crippen molar-refractivity contribution in [2.24, 2.45) is 7.05 Å². The Morgan fingerprint density at radius 2 is 2.13 bits per heavy atom. The number of imidazole rings is 1. The van der Waals surface area contributed by atoms with Gasteiger partial charge in [-0.1, -0.05) is 28.1 Å². The number of anilines is 1. The summed E-state index contributed by atoms with van der Waals surface area (Å²) in [7, 11) is 1.92. The number of rotatable bonds is 1. The predicted octanol–water partition coefficient (Wildman–Crippen LogP) is 2.74. The summed E-state index contributed by atoms with van der Waals surface area (Å²) in [6.07, 6.45) is 0. The van der Waals surface area contributed by atoms with Crippen molar-refractivity contribution in [1.29, 1.82) is 0 Å². The summed E-state index contributed by atoms with van der Waals surface area (Å²) in [5.41, 5.74) is 7.85. The van der Waals surface area contributed by atoms with Crippen LogP contribution in [0.3, 0.4) is 0 Å². The molecule has 0 aliphatic rings. The van der Waals surface area contributed by atoms with Gasteiger partial charge in [-0.25, -0.2) is 4.98 Å². The van der Waals surface area contributed by atoms with Crippen molar-refractivity contribution in [3.05, 3.63) is 34.6 Å². The maximum atomic E-state index is 5.97. The molecule has 0 amide bonds. The Labute approximate surface area is 97.1 Å². The maximum Gasteiger partial charge on any atom is 0.131 e. The van der Waals surface area contributed by atoms with Gasteiger partial charge in [0, 0.05) is 17.1 Å². The molecule has 4 heteroatoms. The standard InChI is InChI=1S/C11H12BrN3/c1-7-14-10(11(13)15(7)2)8-4-3-5-9(12)6-8/h3-6H,13H2,1-2H3. The van der Waals surface area contributed by atoms with Crippen molar-refractivity contribution in [2.75, 3.05) is 5.73 Å². The second-order valence-electron chi connectivity index (χ2n) is 3.46. The van der Waals surface area contributed by atoms with Gasteiger partial charge in [-0.05, 0) is 19.1 Å². The molecule has 0 unspecified atom stereocenters. The molecule has 2 rings (SSSR count). The smallest absolute Gasteiger partial charge is 0.131 e. The number of aromatic nitrogens is 2. The number of hydrogen-bond acceptors (Lipinski definition) is 2. The largest absolute Gasteiger partial charge is 0.383 e. The molecule has 0 bridgehead atoms. The van der Waals surface area contributed by atoms with E-state index in [1.54, 1.807) is 0 Å². The molecule has 78 valence electrons. The van der Waals surface area contributed by atoms with Gasteiger partial charge in [0.25, 0.3) is 0 Å². The molecule has 3 nitrogen and oxygen atoms in total. The van der Waals surface area contributed by atoms with Crippen molar-refractivity contribution in [1.82, 2.24) is 9.55 Å². The lowest BCUT2D eigenvalue weighted by atomic mass is 10.1. The van der Waals surface area contributed by atoms with Crippen LogP contribution in [0.25, 0.3) is 11.3 Å². The van der Waals surface area contributed by atoms with E-state index in [1.165, 1.54) is 0 Å². The second kappa shape index (κ2) is 3.70. The average Bonchev–Trinajstić information content (AvgIpc) is 2.46. The third-order valence-electron chi connectivity index (χ3n) is 2.46. The molecule has 0 aliphatic heterocycles. The first kappa shape index (κ1) is 10.2. The van der Waals surface area contributed by atoms with Crippen LogP contribution in [0.5, 0.6) is 0 Å². The SMILES string of the molecule is Cc1nc(-c2cccc(Br)c2)c(N)n1C. The Hall–Kier alpha value is -1.29. The molecule has 1 aromatic carbocycles. The number of aryl methyl sites for hydroxylation is 1. The summed E-state index contributed by atoms with van der Waals surface area (Å²) < 4.78 is 2.92. The van der Waals surface area contributed by atoms with Crippen LogP contribution in [-0.2, 0) is 7.05 Å². The zero-order valence-electron chi connectivity index (χ0n) is 8.66. The molecule has 0 atom stereocenters. The number of nitrogens with zero attached hydrogens (tertiary/aromatic N) is 2. The van der Waals surface area contributed by atoms with Crippen LogP contribution in [0.4, 0.5) is 5.82 Å². The third kappa shape index (κ3) is 1.77. The lowest BCUT2D eigenvalue weighted by Gasteiger charge is -2.00. The number of halogens is 1. The Bertz CT molecular complexity index is 503. The molecule has 15 heavy (non-hydrogen) atoms. The highest BCUT2D eigenvalue weighted by Crippen LogP contribution is 2.27. The quantitative estimate of drug-likeness (QED) is 0.862. The van der Waals surface area contributed by atoms with Gasteiger partial charge in [-0.3, -0.25) is 0 Å². The fourth-order valence-electron chi connectivity index (χ4n) is 1.48. The van der Waals surface area contributed by atoms with E-state index in [1.807, 2.05) is 42.8 Å². The summed E-state index contributed by atoms with van der Waals surface area (Å²) in [4.78, 5) is 4.44. The van der Waals surface area contributed by atoms with Gasteiger partial charge in [0.1, 0.15) is 17.3 Å². The van der Waals surface area contributed by atoms with Crippen LogP contribution in [-0.4, -0.2) is 9.55 Å². The van der Waals surface area contributed by atoms with E-state index in [4.69, 9.17) is 5.73 Å². The normalized spacial score (nSPS) is 10.6. The molecule has 0 saturated heterocycles. The molecular weight excluding hydrogens is 254 g/mol. The van der Waals surface area contributed by atoms with E-state index in [9.17, 15) is 0 Å². The van der Waals surface area contributed by atoms with Gasteiger partial charge in [0.2, 0.25) is 0 Å². The number of hydrogen-bond donors (Lipinski definition) is 1. The third-order valence-corrected chi connectivity index (χ3v) is 2.95. The minimum Gasteiger partial charge on any atom is -0.383 e. The molecule has 0 saturated carbocycles. The minimum absolute atomic E-state index is 0.700. The van der Waals surface area contributed by atoms with Crippen molar-refractivity contribution in [2.45, 2.75) is 6.92 Å². The highest BCUT2D eigenvalue weighted by Gasteiger charge is 2.10. The summed E-state index contributed by atoms with van der Waals surface area (Å²) in [5, 5.41) is 0. The van der Waals surface area contributed by atoms with Gasteiger partial charge in [0.15, 0.2) is 0 Å².